The molecule has 0 amide bonds. The number of hydrogen-bond acceptors (Lipinski definition) is 3. The smallest absolute Gasteiger partial charge is 0.161 e. The minimum absolute atomic E-state index is 0.00405. The van der Waals surface area contributed by atoms with Gasteiger partial charge in [-0.3, -0.25) is 4.79 Å². The summed E-state index contributed by atoms with van der Waals surface area (Å²) in [5.41, 5.74) is 1.70. The topological polar surface area (TPSA) is 35.5 Å². The molecular weight excluding hydrogens is 288 g/mol. The minimum Gasteiger partial charge on any atom is -0.493 e. The Bertz CT molecular complexity index is 852. The fourth-order valence-electron chi connectivity index (χ4n) is 2.50. The van der Waals surface area contributed by atoms with Gasteiger partial charge in [-0.2, -0.15) is 0 Å². The third-order valence-corrected chi connectivity index (χ3v) is 3.78. The van der Waals surface area contributed by atoms with E-state index in [0.29, 0.717) is 23.7 Å². The van der Waals surface area contributed by atoms with Gasteiger partial charge in [-0.25, -0.2) is 0 Å². The first-order valence-electron chi connectivity index (χ1n) is 7.47. The van der Waals surface area contributed by atoms with Gasteiger partial charge < -0.3 is 9.47 Å². The van der Waals surface area contributed by atoms with Crippen molar-refractivity contribution in [2.75, 3.05) is 7.11 Å². The van der Waals surface area contributed by atoms with Crippen LogP contribution in [0.2, 0.25) is 0 Å². The van der Waals surface area contributed by atoms with Crippen molar-refractivity contribution in [1.82, 2.24) is 0 Å². The summed E-state index contributed by atoms with van der Waals surface area (Å²) in [5.74, 6) is 1.20. The Hall–Kier alpha value is -2.81. The molecule has 0 fully saturated rings. The van der Waals surface area contributed by atoms with Crippen molar-refractivity contribution >= 4 is 16.6 Å². The molecule has 0 aliphatic carbocycles. The molecule has 0 spiro atoms. The SMILES string of the molecule is COc1cc(C(C)=O)ccc1OCc1ccc2ccccc2c1. The molecule has 3 heteroatoms. The van der Waals surface area contributed by atoms with Crippen LogP contribution in [0.4, 0.5) is 0 Å². The van der Waals surface area contributed by atoms with Gasteiger partial charge in [-0.15, -0.1) is 0 Å². The van der Waals surface area contributed by atoms with E-state index in [2.05, 4.69) is 30.3 Å². The number of fused-ring (bicyclic) bond motifs is 1. The number of methoxy groups -OCH3 is 1. The third-order valence-electron chi connectivity index (χ3n) is 3.78. The van der Waals surface area contributed by atoms with Crippen LogP contribution in [0.25, 0.3) is 10.8 Å². The molecule has 0 aromatic heterocycles. The highest BCUT2D eigenvalue weighted by Crippen LogP contribution is 2.29. The lowest BCUT2D eigenvalue weighted by Gasteiger charge is -2.12. The molecule has 0 unspecified atom stereocenters. The molecule has 3 aromatic rings. The number of Topliss-reactive ketones (excluding diaryl/α,β-unsaturated/α-hetero) is 1. The molecule has 0 heterocycles. The summed E-state index contributed by atoms with van der Waals surface area (Å²) < 4.78 is 11.2. The van der Waals surface area contributed by atoms with E-state index in [9.17, 15) is 4.79 Å². The molecule has 23 heavy (non-hydrogen) atoms. The van der Waals surface area contributed by atoms with Crippen LogP contribution in [0.1, 0.15) is 22.8 Å². The van der Waals surface area contributed by atoms with E-state index in [1.54, 1.807) is 25.3 Å². The van der Waals surface area contributed by atoms with Crippen molar-refractivity contribution in [3.8, 4) is 11.5 Å². The monoisotopic (exact) mass is 306 g/mol. The number of hydrogen-bond donors (Lipinski definition) is 0. The van der Waals surface area contributed by atoms with Crippen molar-refractivity contribution in [1.29, 1.82) is 0 Å². The second-order valence-electron chi connectivity index (χ2n) is 5.39. The maximum Gasteiger partial charge on any atom is 0.161 e. The van der Waals surface area contributed by atoms with Gasteiger partial charge in [0.15, 0.2) is 17.3 Å². The second kappa shape index (κ2) is 6.53. The van der Waals surface area contributed by atoms with Gasteiger partial charge in [-0.1, -0.05) is 36.4 Å². The second-order valence-corrected chi connectivity index (χ2v) is 5.39. The fraction of sp³-hybridized carbons (Fsp3) is 0.150. The molecule has 0 atom stereocenters. The Morgan fingerprint density at radius 3 is 2.43 bits per heavy atom. The molecular formula is C20H18O3. The van der Waals surface area contributed by atoms with E-state index >= 15 is 0 Å². The maximum absolute atomic E-state index is 11.4. The summed E-state index contributed by atoms with van der Waals surface area (Å²) in [6.07, 6.45) is 0. The van der Waals surface area contributed by atoms with Crippen LogP contribution in [0.3, 0.4) is 0 Å². The molecule has 3 aromatic carbocycles. The molecule has 0 aliphatic heterocycles. The maximum atomic E-state index is 11.4. The van der Waals surface area contributed by atoms with Crippen LogP contribution in [-0.2, 0) is 6.61 Å². The van der Waals surface area contributed by atoms with E-state index in [4.69, 9.17) is 9.47 Å². The number of benzene rings is 3. The average Bonchev–Trinajstić information content (AvgIpc) is 2.59. The zero-order valence-electron chi connectivity index (χ0n) is 13.2. The highest BCUT2D eigenvalue weighted by molar-refractivity contribution is 5.94. The zero-order chi connectivity index (χ0) is 16.2. The normalized spacial score (nSPS) is 10.5. The van der Waals surface area contributed by atoms with Crippen LogP contribution in [0.15, 0.2) is 60.7 Å². The van der Waals surface area contributed by atoms with Crippen molar-refractivity contribution in [2.45, 2.75) is 13.5 Å². The number of ketones is 1. The number of ether oxygens (including phenoxy) is 2. The van der Waals surface area contributed by atoms with Gasteiger partial charge in [0.1, 0.15) is 6.61 Å². The van der Waals surface area contributed by atoms with Crippen molar-refractivity contribution in [2.24, 2.45) is 0 Å². The van der Waals surface area contributed by atoms with Crippen LogP contribution in [0.5, 0.6) is 11.5 Å². The molecule has 0 bridgehead atoms. The minimum atomic E-state index is 0.00405. The van der Waals surface area contributed by atoms with Crippen molar-refractivity contribution in [3.05, 3.63) is 71.8 Å². The van der Waals surface area contributed by atoms with Crippen LogP contribution >= 0.6 is 0 Å². The predicted molar refractivity (Wildman–Crippen MR) is 91.3 cm³/mol. The lowest BCUT2D eigenvalue weighted by molar-refractivity contribution is 0.101. The standard InChI is InChI=1S/C20H18O3/c1-14(21)17-9-10-19(20(12-17)22-2)23-13-15-7-8-16-5-3-4-6-18(16)11-15/h3-12H,13H2,1-2H3. The molecule has 0 saturated heterocycles. The molecule has 0 N–H and O–H groups in total. The number of rotatable bonds is 5. The Morgan fingerprint density at radius 2 is 1.70 bits per heavy atom. The van der Waals surface area contributed by atoms with Crippen molar-refractivity contribution < 1.29 is 14.3 Å². The van der Waals surface area contributed by atoms with Crippen LogP contribution in [-0.4, -0.2) is 12.9 Å². The third kappa shape index (κ3) is 3.34. The molecule has 3 rings (SSSR count). The lowest BCUT2D eigenvalue weighted by atomic mass is 10.1. The van der Waals surface area contributed by atoms with Gasteiger partial charge >= 0.3 is 0 Å². The predicted octanol–water partition coefficient (Wildman–Crippen LogP) is 4.63. The Morgan fingerprint density at radius 1 is 0.913 bits per heavy atom. The van der Waals surface area contributed by atoms with Gasteiger partial charge in [0.25, 0.3) is 0 Å². The van der Waals surface area contributed by atoms with Crippen molar-refractivity contribution in [3.63, 3.8) is 0 Å². The highest BCUT2D eigenvalue weighted by atomic mass is 16.5. The Labute approximate surface area is 135 Å². The zero-order valence-corrected chi connectivity index (χ0v) is 13.2. The van der Waals surface area contributed by atoms with Crippen LogP contribution < -0.4 is 9.47 Å². The van der Waals surface area contributed by atoms with Crippen LogP contribution in [0, 0.1) is 0 Å². The van der Waals surface area contributed by atoms with E-state index < -0.39 is 0 Å². The van der Waals surface area contributed by atoms with Gasteiger partial charge in [0, 0.05) is 5.56 Å². The molecule has 0 saturated carbocycles. The summed E-state index contributed by atoms with van der Waals surface area (Å²) in [7, 11) is 1.57. The summed E-state index contributed by atoms with van der Waals surface area (Å²) in [6.45, 7) is 1.98. The van der Waals surface area contributed by atoms with E-state index in [1.807, 2.05) is 12.1 Å². The summed E-state index contributed by atoms with van der Waals surface area (Å²) >= 11 is 0. The number of carbonyl (C=O) groups is 1. The first kappa shape index (κ1) is 15.1. The quantitative estimate of drug-likeness (QED) is 0.645. The first-order valence-corrected chi connectivity index (χ1v) is 7.47. The summed E-state index contributed by atoms with van der Waals surface area (Å²) in [5, 5.41) is 2.40. The Kier molecular flexibility index (Phi) is 4.29. The van der Waals surface area contributed by atoms with Gasteiger partial charge in [0.05, 0.1) is 7.11 Å². The summed E-state index contributed by atoms with van der Waals surface area (Å²) in [4.78, 5) is 11.4. The van der Waals surface area contributed by atoms with E-state index in [-0.39, 0.29) is 5.78 Å². The number of carbonyl (C=O) groups excluding carboxylic acids is 1. The molecule has 3 nitrogen and oxygen atoms in total. The lowest BCUT2D eigenvalue weighted by Crippen LogP contribution is -2.00. The van der Waals surface area contributed by atoms with E-state index in [0.717, 1.165) is 5.56 Å². The summed E-state index contributed by atoms with van der Waals surface area (Å²) in [6, 6.07) is 19.7. The largest absolute Gasteiger partial charge is 0.493 e. The Balaban J connectivity index is 1.80. The van der Waals surface area contributed by atoms with Gasteiger partial charge in [0.2, 0.25) is 0 Å². The van der Waals surface area contributed by atoms with Gasteiger partial charge in [-0.05, 0) is 47.5 Å². The highest BCUT2D eigenvalue weighted by Gasteiger charge is 2.08. The fourth-order valence-corrected chi connectivity index (χ4v) is 2.50. The molecule has 0 aliphatic rings. The molecule has 116 valence electrons. The van der Waals surface area contributed by atoms with E-state index in [1.165, 1.54) is 17.7 Å². The first-order chi connectivity index (χ1) is 11.2. The molecule has 0 radical (unpaired) electrons. The average molecular weight is 306 g/mol.